The van der Waals surface area contributed by atoms with Gasteiger partial charge in [-0.05, 0) is 23.6 Å². The number of benzene rings is 1. The van der Waals surface area contributed by atoms with Crippen LogP contribution in [0.1, 0.15) is 25.3 Å². The third-order valence-electron chi connectivity index (χ3n) is 2.97. The molecule has 0 aromatic heterocycles. The molecule has 0 fully saturated rings. The first-order valence-corrected chi connectivity index (χ1v) is 7.15. The Hall–Kier alpha value is -1.36. The van der Waals surface area contributed by atoms with Crippen LogP contribution in [0, 0.1) is 5.92 Å². The van der Waals surface area contributed by atoms with E-state index in [1.807, 2.05) is 6.92 Å². The monoisotopic (exact) mass is 256 g/mol. The average molecular weight is 256 g/mol. The average Bonchev–Trinajstić information content (AvgIpc) is 2.26. The summed E-state index contributed by atoms with van der Waals surface area (Å²) in [5.74, 6) is -1.51. The van der Waals surface area contributed by atoms with Crippen molar-refractivity contribution in [2.24, 2.45) is 5.92 Å². The normalized spacial score (nSPS) is 15.2. The molecule has 5 heteroatoms. The lowest BCUT2D eigenvalue weighted by molar-refractivity contribution is -0.141. The van der Waals surface area contributed by atoms with Crippen molar-refractivity contribution in [3.8, 4) is 0 Å². The number of aliphatic carboxylic acids is 1. The molecule has 4 nitrogen and oxygen atoms in total. The van der Waals surface area contributed by atoms with Crippen LogP contribution in [0.25, 0.3) is 0 Å². The van der Waals surface area contributed by atoms with E-state index in [1.54, 1.807) is 19.1 Å². The maximum Gasteiger partial charge on any atom is 0.306 e. The lowest BCUT2D eigenvalue weighted by Crippen LogP contribution is -2.16. The van der Waals surface area contributed by atoms with Gasteiger partial charge in [0.05, 0.1) is 10.8 Å². The topological polar surface area (TPSA) is 71.4 Å². The summed E-state index contributed by atoms with van der Waals surface area (Å²) >= 11 is 0. The number of carbonyl (C=O) groups is 1. The summed E-state index contributed by atoms with van der Waals surface area (Å²) in [7, 11) is -3.20. The Morgan fingerprint density at radius 1 is 1.18 bits per heavy atom. The number of sulfone groups is 1. The highest BCUT2D eigenvalue weighted by Crippen LogP contribution is 2.25. The molecule has 1 aromatic rings. The summed E-state index contributed by atoms with van der Waals surface area (Å²) < 4.78 is 22.5. The van der Waals surface area contributed by atoms with Crippen LogP contribution in [0.2, 0.25) is 0 Å². The maximum absolute atomic E-state index is 11.3. The van der Waals surface area contributed by atoms with Crippen molar-refractivity contribution in [3.05, 3.63) is 29.8 Å². The van der Waals surface area contributed by atoms with Crippen molar-refractivity contribution in [1.29, 1.82) is 0 Å². The molecule has 0 spiro atoms. The largest absolute Gasteiger partial charge is 0.481 e. The molecule has 0 bridgehead atoms. The zero-order valence-electron chi connectivity index (χ0n) is 10.0. The van der Waals surface area contributed by atoms with Crippen molar-refractivity contribution < 1.29 is 18.3 Å². The number of carboxylic acids is 1. The van der Waals surface area contributed by atoms with Gasteiger partial charge in [-0.2, -0.15) is 0 Å². The molecule has 0 radical (unpaired) electrons. The summed E-state index contributed by atoms with van der Waals surface area (Å²) in [6.45, 7) is 3.45. The second-order valence-electron chi connectivity index (χ2n) is 4.26. The van der Waals surface area contributed by atoms with Gasteiger partial charge >= 0.3 is 5.97 Å². The fourth-order valence-electron chi connectivity index (χ4n) is 1.52. The number of hydrogen-bond donors (Lipinski definition) is 1. The van der Waals surface area contributed by atoms with Gasteiger partial charge < -0.3 is 5.11 Å². The van der Waals surface area contributed by atoms with Crippen LogP contribution in [0.3, 0.4) is 0 Å². The highest BCUT2D eigenvalue weighted by atomic mass is 32.2. The third kappa shape index (κ3) is 3.30. The molecule has 1 aromatic carbocycles. The number of carboxylic acid groups (broad SMARTS) is 1. The van der Waals surface area contributed by atoms with Gasteiger partial charge in [0.15, 0.2) is 9.84 Å². The highest BCUT2D eigenvalue weighted by molar-refractivity contribution is 7.90. The molecule has 0 aliphatic rings. The van der Waals surface area contributed by atoms with Crippen molar-refractivity contribution in [2.45, 2.75) is 24.7 Å². The second-order valence-corrected chi connectivity index (χ2v) is 6.27. The molecular weight excluding hydrogens is 240 g/mol. The zero-order valence-corrected chi connectivity index (χ0v) is 10.9. The van der Waals surface area contributed by atoms with Crippen LogP contribution < -0.4 is 0 Å². The number of rotatable bonds is 4. The molecule has 17 heavy (non-hydrogen) atoms. The van der Waals surface area contributed by atoms with E-state index < -0.39 is 21.7 Å². The van der Waals surface area contributed by atoms with Gasteiger partial charge in [0.25, 0.3) is 0 Å². The van der Waals surface area contributed by atoms with E-state index in [4.69, 9.17) is 5.11 Å². The highest BCUT2D eigenvalue weighted by Gasteiger charge is 2.21. The smallest absolute Gasteiger partial charge is 0.306 e. The van der Waals surface area contributed by atoms with Crippen LogP contribution in [-0.4, -0.2) is 25.7 Å². The summed E-state index contributed by atoms with van der Waals surface area (Å²) in [4.78, 5) is 11.1. The Kier molecular flexibility index (Phi) is 3.93. The Morgan fingerprint density at radius 2 is 1.65 bits per heavy atom. The molecule has 0 saturated carbocycles. The molecule has 0 saturated heterocycles. The van der Waals surface area contributed by atoms with E-state index in [9.17, 15) is 13.2 Å². The molecule has 0 aliphatic heterocycles. The Labute approximate surface area is 101 Å². The van der Waals surface area contributed by atoms with Crippen LogP contribution >= 0.6 is 0 Å². The molecule has 1 rings (SSSR count). The Bertz CT molecular complexity index is 502. The minimum Gasteiger partial charge on any atom is -0.481 e. The van der Waals surface area contributed by atoms with Gasteiger partial charge in [-0.3, -0.25) is 4.79 Å². The van der Waals surface area contributed by atoms with Gasteiger partial charge in [-0.1, -0.05) is 26.0 Å². The fourth-order valence-corrected chi connectivity index (χ4v) is 2.15. The summed E-state index contributed by atoms with van der Waals surface area (Å²) in [5.41, 5.74) is 0.826. The predicted octanol–water partition coefficient (Wildman–Crippen LogP) is 1.91. The molecule has 2 unspecified atom stereocenters. The minimum absolute atomic E-state index is 0.152. The number of hydrogen-bond acceptors (Lipinski definition) is 3. The van der Waals surface area contributed by atoms with Crippen molar-refractivity contribution in [2.75, 3.05) is 6.26 Å². The van der Waals surface area contributed by atoms with Gasteiger partial charge in [-0.15, -0.1) is 0 Å². The maximum atomic E-state index is 11.3. The van der Waals surface area contributed by atoms with Gasteiger partial charge in [0, 0.05) is 6.26 Å². The van der Waals surface area contributed by atoms with E-state index in [0.717, 1.165) is 11.8 Å². The molecule has 1 N–H and O–H groups in total. The predicted molar refractivity (Wildman–Crippen MR) is 64.8 cm³/mol. The first kappa shape index (κ1) is 13.7. The van der Waals surface area contributed by atoms with Crippen molar-refractivity contribution >= 4 is 15.8 Å². The Morgan fingerprint density at radius 3 is 2.00 bits per heavy atom. The van der Waals surface area contributed by atoms with E-state index in [0.29, 0.717) is 0 Å². The van der Waals surface area contributed by atoms with E-state index in [-0.39, 0.29) is 10.8 Å². The molecule has 94 valence electrons. The van der Waals surface area contributed by atoms with E-state index in [1.165, 1.54) is 12.1 Å². The third-order valence-corrected chi connectivity index (χ3v) is 4.10. The lowest BCUT2D eigenvalue weighted by Gasteiger charge is -2.16. The van der Waals surface area contributed by atoms with Crippen molar-refractivity contribution in [3.63, 3.8) is 0 Å². The first-order chi connectivity index (χ1) is 7.73. The van der Waals surface area contributed by atoms with Crippen molar-refractivity contribution in [1.82, 2.24) is 0 Å². The molecule has 0 heterocycles. The van der Waals surface area contributed by atoms with E-state index >= 15 is 0 Å². The molecule has 2 atom stereocenters. The molecule has 0 aliphatic carbocycles. The van der Waals surface area contributed by atoms with Crippen LogP contribution in [-0.2, 0) is 14.6 Å². The SMILES string of the molecule is CC(C(=O)O)C(C)c1ccc(S(C)(=O)=O)cc1. The van der Waals surface area contributed by atoms with Crippen LogP contribution in [0.5, 0.6) is 0 Å². The summed E-state index contributed by atoms with van der Waals surface area (Å²) in [6.07, 6.45) is 1.14. The molecular formula is C12H16O4S. The lowest BCUT2D eigenvalue weighted by atomic mass is 9.89. The first-order valence-electron chi connectivity index (χ1n) is 5.26. The van der Waals surface area contributed by atoms with Crippen LogP contribution in [0.4, 0.5) is 0 Å². The fraction of sp³-hybridized carbons (Fsp3) is 0.417. The standard InChI is InChI=1S/C12H16O4S/c1-8(9(2)12(13)14)10-4-6-11(7-5-10)17(3,15)16/h4-9H,1-3H3,(H,13,14). The van der Waals surface area contributed by atoms with Gasteiger partial charge in [0.2, 0.25) is 0 Å². The minimum atomic E-state index is -3.20. The van der Waals surface area contributed by atoms with Gasteiger partial charge in [-0.25, -0.2) is 8.42 Å². The second kappa shape index (κ2) is 4.87. The zero-order chi connectivity index (χ0) is 13.2. The quantitative estimate of drug-likeness (QED) is 0.893. The molecule has 0 amide bonds. The summed E-state index contributed by atoms with van der Waals surface area (Å²) in [6, 6.07) is 6.35. The van der Waals surface area contributed by atoms with E-state index in [2.05, 4.69) is 0 Å². The van der Waals surface area contributed by atoms with Gasteiger partial charge in [0.1, 0.15) is 0 Å². The summed E-state index contributed by atoms with van der Waals surface area (Å²) in [5, 5.41) is 8.90. The van der Waals surface area contributed by atoms with Crippen LogP contribution in [0.15, 0.2) is 29.2 Å². The Balaban J connectivity index is 2.99.